The third-order valence-electron chi connectivity index (χ3n) is 5.97. The highest BCUT2D eigenvalue weighted by atomic mass is 35.5. The maximum absolute atomic E-state index is 12.3. The standard InChI is InChI=1S/C23H27Cl2N3O/c24-20-6-7-22(25)19(13-20)12-17-8-10-27(11-9-17)15-21-16-28(23(29)26-21)14-18-4-2-1-3-5-18/h1-7,13,17,21H,8-12,14-16H2,(H,26,29). The molecule has 4 nitrogen and oxygen atoms in total. The van der Waals surface area contributed by atoms with Crippen LogP contribution in [0.4, 0.5) is 4.79 Å². The summed E-state index contributed by atoms with van der Waals surface area (Å²) in [6, 6.07) is 16.1. The van der Waals surface area contributed by atoms with Crippen molar-refractivity contribution in [2.45, 2.75) is 31.8 Å². The minimum Gasteiger partial charge on any atom is -0.332 e. The van der Waals surface area contributed by atoms with E-state index in [1.54, 1.807) is 0 Å². The largest absolute Gasteiger partial charge is 0.332 e. The van der Waals surface area contributed by atoms with Crippen molar-refractivity contribution in [3.63, 3.8) is 0 Å². The molecular weight excluding hydrogens is 405 g/mol. The number of benzene rings is 2. The highest BCUT2D eigenvalue weighted by molar-refractivity contribution is 6.33. The zero-order valence-corrected chi connectivity index (χ0v) is 18.0. The van der Waals surface area contributed by atoms with Crippen LogP contribution in [0.15, 0.2) is 48.5 Å². The molecule has 2 heterocycles. The van der Waals surface area contributed by atoms with Crippen LogP contribution in [0.5, 0.6) is 0 Å². The van der Waals surface area contributed by atoms with E-state index < -0.39 is 0 Å². The summed E-state index contributed by atoms with van der Waals surface area (Å²) in [5.41, 5.74) is 2.32. The summed E-state index contributed by atoms with van der Waals surface area (Å²) in [6.07, 6.45) is 3.28. The van der Waals surface area contributed by atoms with E-state index in [4.69, 9.17) is 23.2 Å². The Hall–Kier alpha value is -1.75. The van der Waals surface area contributed by atoms with Gasteiger partial charge in [-0.1, -0.05) is 53.5 Å². The molecule has 0 saturated carbocycles. The number of nitrogens with one attached hydrogen (secondary N) is 1. The third kappa shape index (κ3) is 5.44. The number of hydrogen-bond donors (Lipinski definition) is 1. The van der Waals surface area contributed by atoms with Crippen LogP contribution in [0, 0.1) is 5.92 Å². The number of nitrogens with zero attached hydrogens (tertiary/aromatic N) is 2. The lowest BCUT2D eigenvalue weighted by Gasteiger charge is -2.33. The van der Waals surface area contributed by atoms with Crippen LogP contribution in [0.25, 0.3) is 0 Å². The van der Waals surface area contributed by atoms with Gasteiger partial charge in [0, 0.05) is 29.7 Å². The van der Waals surface area contributed by atoms with Crippen molar-refractivity contribution in [1.82, 2.24) is 15.1 Å². The minimum absolute atomic E-state index is 0.0457. The number of urea groups is 1. The molecule has 1 N–H and O–H groups in total. The van der Waals surface area contributed by atoms with Crippen molar-refractivity contribution in [3.8, 4) is 0 Å². The van der Waals surface area contributed by atoms with Crippen LogP contribution in [0.1, 0.15) is 24.0 Å². The summed E-state index contributed by atoms with van der Waals surface area (Å²) in [6.45, 7) is 4.49. The van der Waals surface area contributed by atoms with E-state index in [1.807, 2.05) is 41.3 Å². The van der Waals surface area contributed by atoms with Crippen LogP contribution in [0.2, 0.25) is 10.0 Å². The lowest BCUT2D eigenvalue weighted by Crippen LogP contribution is -2.43. The van der Waals surface area contributed by atoms with Crippen LogP contribution >= 0.6 is 23.2 Å². The highest BCUT2D eigenvalue weighted by Gasteiger charge is 2.31. The van der Waals surface area contributed by atoms with Crippen molar-refractivity contribution < 1.29 is 4.79 Å². The fourth-order valence-corrected chi connectivity index (χ4v) is 4.79. The van der Waals surface area contributed by atoms with E-state index in [1.165, 1.54) is 5.56 Å². The molecule has 29 heavy (non-hydrogen) atoms. The monoisotopic (exact) mass is 431 g/mol. The second kappa shape index (κ2) is 9.38. The molecule has 0 spiro atoms. The molecule has 4 rings (SSSR count). The second-order valence-electron chi connectivity index (χ2n) is 8.20. The zero-order valence-electron chi connectivity index (χ0n) is 16.5. The van der Waals surface area contributed by atoms with E-state index in [9.17, 15) is 4.79 Å². The first-order valence-corrected chi connectivity index (χ1v) is 11.1. The predicted octanol–water partition coefficient (Wildman–Crippen LogP) is 4.84. The summed E-state index contributed by atoms with van der Waals surface area (Å²) >= 11 is 12.5. The Morgan fingerprint density at radius 3 is 2.55 bits per heavy atom. The molecule has 0 bridgehead atoms. The maximum atomic E-state index is 12.3. The van der Waals surface area contributed by atoms with Gasteiger partial charge in [-0.05, 0) is 67.6 Å². The van der Waals surface area contributed by atoms with E-state index in [0.717, 1.165) is 61.1 Å². The minimum atomic E-state index is 0.0457. The SMILES string of the molecule is O=C1NC(CN2CCC(Cc3cc(Cl)ccc3Cl)CC2)CN1Cc1ccccc1. The van der Waals surface area contributed by atoms with Crippen molar-refractivity contribution in [2.24, 2.45) is 5.92 Å². The van der Waals surface area contributed by atoms with Gasteiger partial charge >= 0.3 is 6.03 Å². The smallest absolute Gasteiger partial charge is 0.318 e. The quantitative estimate of drug-likeness (QED) is 0.709. The topological polar surface area (TPSA) is 35.6 Å². The summed E-state index contributed by atoms with van der Waals surface area (Å²) < 4.78 is 0. The molecule has 2 aliphatic heterocycles. The van der Waals surface area contributed by atoms with Crippen LogP contribution < -0.4 is 5.32 Å². The average Bonchev–Trinajstić information content (AvgIpc) is 3.06. The second-order valence-corrected chi connectivity index (χ2v) is 9.04. The fourth-order valence-electron chi connectivity index (χ4n) is 4.40. The molecule has 2 aromatic carbocycles. The Labute approximate surface area is 182 Å². The van der Waals surface area contributed by atoms with Gasteiger partial charge in [0.2, 0.25) is 0 Å². The first-order chi connectivity index (χ1) is 14.1. The van der Waals surface area contributed by atoms with Crippen LogP contribution in [-0.2, 0) is 13.0 Å². The van der Waals surface area contributed by atoms with Gasteiger partial charge in [0.05, 0.1) is 6.04 Å². The summed E-state index contributed by atoms with van der Waals surface area (Å²) in [5, 5.41) is 4.71. The Balaban J connectivity index is 1.24. The molecule has 2 aromatic rings. The Morgan fingerprint density at radius 2 is 1.79 bits per heavy atom. The molecule has 2 aliphatic rings. The van der Waals surface area contributed by atoms with Crippen molar-refractivity contribution in [2.75, 3.05) is 26.2 Å². The number of piperidine rings is 1. The molecular formula is C23H27Cl2N3O. The van der Waals surface area contributed by atoms with Crippen molar-refractivity contribution in [1.29, 1.82) is 0 Å². The third-order valence-corrected chi connectivity index (χ3v) is 6.58. The molecule has 154 valence electrons. The van der Waals surface area contributed by atoms with Crippen LogP contribution in [-0.4, -0.2) is 48.1 Å². The van der Waals surface area contributed by atoms with E-state index in [0.29, 0.717) is 12.5 Å². The molecule has 2 saturated heterocycles. The van der Waals surface area contributed by atoms with Gasteiger partial charge in [-0.15, -0.1) is 0 Å². The average molecular weight is 432 g/mol. The number of carbonyl (C=O) groups is 1. The van der Waals surface area contributed by atoms with Gasteiger partial charge in [-0.25, -0.2) is 4.79 Å². The molecule has 2 fully saturated rings. The maximum Gasteiger partial charge on any atom is 0.318 e. The van der Waals surface area contributed by atoms with Gasteiger partial charge < -0.3 is 15.1 Å². The number of carbonyl (C=O) groups excluding carboxylic acids is 1. The molecule has 1 unspecified atom stereocenters. The molecule has 0 aliphatic carbocycles. The van der Waals surface area contributed by atoms with Gasteiger partial charge in [0.25, 0.3) is 0 Å². The van der Waals surface area contributed by atoms with Crippen molar-refractivity contribution in [3.05, 3.63) is 69.7 Å². The lowest BCUT2D eigenvalue weighted by molar-refractivity contribution is 0.171. The van der Waals surface area contributed by atoms with Crippen molar-refractivity contribution >= 4 is 29.2 Å². The summed E-state index contributed by atoms with van der Waals surface area (Å²) in [7, 11) is 0. The number of halogens is 2. The number of hydrogen-bond acceptors (Lipinski definition) is 2. The zero-order chi connectivity index (χ0) is 20.2. The Bertz CT molecular complexity index is 837. The van der Waals surface area contributed by atoms with E-state index in [2.05, 4.69) is 22.3 Å². The Kier molecular flexibility index (Phi) is 6.63. The fraction of sp³-hybridized carbons (Fsp3) is 0.435. The normalized spacial score (nSPS) is 20.8. The van der Waals surface area contributed by atoms with Crippen LogP contribution in [0.3, 0.4) is 0 Å². The summed E-state index contributed by atoms with van der Waals surface area (Å²) in [4.78, 5) is 16.7. The molecule has 0 aromatic heterocycles. The molecule has 0 radical (unpaired) electrons. The van der Waals surface area contributed by atoms with Gasteiger partial charge in [-0.2, -0.15) is 0 Å². The molecule has 2 amide bonds. The van der Waals surface area contributed by atoms with Gasteiger partial charge in [0.1, 0.15) is 0 Å². The molecule has 6 heteroatoms. The van der Waals surface area contributed by atoms with E-state index in [-0.39, 0.29) is 12.1 Å². The molecule has 1 atom stereocenters. The van der Waals surface area contributed by atoms with E-state index >= 15 is 0 Å². The first kappa shape index (κ1) is 20.5. The Morgan fingerprint density at radius 1 is 1.03 bits per heavy atom. The van der Waals surface area contributed by atoms with Gasteiger partial charge in [-0.3, -0.25) is 0 Å². The number of likely N-dealkylation sites (tertiary alicyclic amines) is 1. The first-order valence-electron chi connectivity index (χ1n) is 10.3. The summed E-state index contributed by atoms with van der Waals surface area (Å²) in [5.74, 6) is 0.634. The number of rotatable bonds is 6. The lowest BCUT2D eigenvalue weighted by atomic mass is 9.90. The van der Waals surface area contributed by atoms with Gasteiger partial charge in [0.15, 0.2) is 0 Å². The highest BCUT2D eigenvalue weighted by Crippen LogP contribution is 2.28. The number of amides is 2. The predicted molar refractivity (Wildman–Crippen MR) is 119 cm³/mol.